The van der Waals surface area contributed by atoms with Crippen LogP contribution in [0.1, 0.15) is 31.1 Å². The number of nitro benzene ring substituents is 1. The zero-order valence-electron chi connectivity index (χ0n) is 12.3. The predicted octanol–water partition coefficient (Wildman–Crippen LogP) is 2.66. The van der Waals surface area contributed by atoms with Gasteiger partial charge in [0, 0.05) is 31.3 Å². The fourth-order valence-electron chi connectivity index (χ4n) is 2.18. The highest BCUT2D eigenvalue weighted by Crippen LogP contribution is 2.30. The van der Waals surface area contributed by atoms with Gasteiger partial charge in [0.25, 0.3) is 5.69 Å². The third-order valence-corrected chi connectivity index (χ3v) is 3.17. The molecule has 0 amide bonds. The van der Waals surface area contributed by atoms with Gasteiger partial charge in [0.2, 0.25) is 0 Å². The van der Waals surface area contributed by atoms with Crippen LogP contribution in [-0.2, 0) is 4.74 Å². The summed E-state index contributed by atoms with van der Waals surface area (Å²) in [4.78, 5) is 24.0. The molecule has 0 fully saturated rings. The number of nitro groups is 1. The molecule has 1 aromatic rings. The molecule has 0 radical (unpaired) electrons. The van der Waals surface area contributed by atoms with E-state index in [-0.39, 0.29) is 17.5 Å². The van der Waals surface area contributed by atoms with Crippen molar-refractivity contribution in [2.75, 3.05) is 25.2 Å². The Labute approximate surface area is 118 Å². The number of carbonyl (C=O) groups excluding carboxylic acids is 1. The number of ketones is 1. The topological polar surface area (TPSA) is 72.7 Å². The SMILES string of the molecule is CCN(c1ccc(C(C)=O)cc1[N+](=O)[O-])C(C)COC. The second kappa shape index (κ2) is 7.00. The van der Waals surface area contributed by atoms with Gasteiger partial charge in [-0.3, -0.25) is 14.9 Å². The van der Waals surface area contributed by atoms with Crippen molar-refractivity contribution < 1.29 is 14.5 Å². The van der Waals surface area contributed by atoms with E-state index in [0.717, 1.165) is 0 Å². The molecule has 0 aliphatic rings. The second-order valence-electron chi connectivity index (χ2n) is 4.61. The van der Waals surface area contributed by atoms with Crippen molar-refractivity contribution in [3.8, 4) is 0 Å². The van der Waals surface area contributed by atoms with Crippen molar-refractivity contribution in [3.05, 3.63) is 33.9 Å². The molecule has 0 spiro atoms. The van der Waals surface area contributed by atoms with E-state index in [1.54, 1.807) is 19.2 Å². The van der Waals surface area contributed by atoms with Crippen LogP contribution < -0.4 is 4.90 Å². The average Bonchev–Trinajstić information content (AvgIpc) is 2.39. The van der Waals surface area contributed by atoms with Crippen LogP contribution in [0.2, 0.25) is 0 Å². The van der Waals surface area contributed by atoms with Crippen molar-refractivity contribution in [2.24, 2.45) is 0 Å². The summed E-state index contributed by atoms with van der Waals surface area (Å²) in [6.45, 7) is 6.35. The Hall–Kier alpha value is -1.95. The van der Waals surface area contributed by atoms with Gasteiger partial charge in [-0.15, -0.1) is 0 Å². The first kappa shape index (κ1) is 16.1. The third kappa shape index (κ3) is 3.54. The molecule has 6 nitrogen and oxygen atoms in total. The fraction of sp³-hybridized carbons (Fsp3) is 0.500. The predicted molar refractivity (Wildman–Crippen MR) is 77.5 cm³/mol. The van der Waals surface area contributed by atoms with E-state index in [4.69, 9.17) is 4.74 Å². The summed E-state index contributed by atoms with van der Waals surface area (Å²) in [5.41, 5.74) is 0.797. The summed E-state index contributed by atoms with van der Waals surface area (Å²) in [6.07, 6.45) is 0. The molecule has 1 aromatic carbocycles. The van der Waals surface area contributed by atoms with Crippen LogP contribution in [0.25, 0.3) is 0 Å². The number of ether oxygens (including phenoxy) is 1. The summed E-state index contributed by atoms with van der Waals surface area (Å²) in [5.74, 6) is -0.187. The van der Waals surface area contributed by atoms with Crippen molar-refractivity contribution in [1.29, 1.82) is 0 Å². The standard InChI is InChI=1S/C14H20N2O4/c1-5-15(10(2)9-20-4)13-7-6-12(11(3)17)8-14(13)16(18)19/h6-8,10H,5,9H2,1-4H3. The van der Waals surface area contributed by atoms with E-state index >= 15 is 0 Å². The van der Waals surface area contributed by atoms with Gasteiger partial charge in [0.15, 0.2) is 5.78 Å². The maximum absolute atomic E-state index is 11.4. The fourth-order valence-corrected chi connectivity index (χ4v) is 2.18. The summed E-state index contributed by atoms with van der Waals surface area (Å²) in [5, 5.41) is 11.2. The van der Waals surface area contributed by atoms with Crippen LogP contribution in [-0.4, -0.2) is 37.0 Å². The lowest BCUT2D eigenvalue weighted by molar-refractivity contribution is -0.384. The van der Waals surface area contributed by atoms with Crippen LogP contribution in [0.5, 0.6) is 0 Å². The van der Waals surface area contributed by atoms with Crippen LogP contribution >= 0.6 is 0 Å². The van der Waals surface area contributed by atoms with Crippen LogP contribution in [0.4, 0.5) is 11.4 Å². The van der Waals surface area contributed by atoms with E-state index in [1.807, 2.05) is 18.7 Å². The van der Waals surface area contributed by atoms with Gasteiger partial charge in [-0.25, -0.2) is 0 Å². The molecule has 20 heavy (non-hydrogen) atoms. The summed E-state index contributed by atoms with van der Waals surface area (Å²) >= 11 is 0. The van der Waals surface area contributed by atoms with Gasteiger partial charge in [-0.05, 0) is 32.9 Å². The maximum atomic E-state index is 11.4. The Morgan fingerprint density at radius 1 is 1.50 bits per heavy atom. The van der Waals surface area contributed by atoms with E-state index in [1.165, 1.54) is 13.0 Å². The maximum Gasteiger partial charge on any atom is 0.293 e. The molecule has 0 saturated carbocycles. The molecule has 110 valence electrons. The molecule has 0 heterocycles. The number of carbonyl (C=O) groups is 1. The Morgan fingerprint density at radius 2 is 2.15 bits per heavy atom. The highest BCUT2D eigenvalue weighted by Gasteiger charge is 2.23. The van der Waals surface area contributed by atoms with Crippen LogP contribution in [0, 0.1) is 10.1 Å². The van der Waals surface area contributed by atoms with Gasteiger partial charge < -0.3 is 9.64 Å². The van der Waals surface area contributed by atoms with Crippen molar-refractivity contribution in [1.82, 2.24) is 0 Å². The van der Waals surface area contributed by atoms with Crippen LogP contribution in [0.15, 0.2) is 18.2 Å². The number of methoxy groups -OCH3 is 1. The summed E-state index contributed by atoms with van der Waals surface area (Å²) in [7, 11) is 1.59. The number of rotatable bonds is 7. The first-order chi connectivity index (χ1) is 9.42. The zero-order chi connectivity index (χ0) is 15.3. The van der Waals surface area contributed by atoms with Gasteiger partial charge >= 0.3 is 0 Å². The molecule has 0 saturated heterocycles. The number of hydrogen-bond acceptors (Lipinski definition) is 5. The number of Topliss-reactive ketones (excluding diaryl/α,β-unsaturated/α-hetero) is 1. The number of hydrogen-bond donors (Lipinski definition) is 0. The minimum absolute atomic E-state index is 0.00637. The van der Waals surface area contributed by atoms with Crippen molar-refractivity contribution in [3.63, 3.8) is 0 Å². The normalized spacial score (nSPS) is 12.0. The lowest BCUT2D eigenvalue weighted by Crippen LogP contribution is -2.36. The average molecular weight is 280 g/mol. The number of likely N-dealkylation sites (N-methyl/N-ethyl adjacent to an activating group) is 1. The van der Waals surface area contributed by atoms with E-state index in [9.17, 15) is 14.9 Å². The highest BCUT2D eigenvalue weighted by atomic mass is 16.6. The van der Waals surface area contributed by atoms with Gasteiger partial charge in [-0.2, -0.15) is 0 Å². The minimum Gasteiger partial charge on any atom is -0.383 e. The Balaban J connectivity index is 3.27. The smallest absolute Gasteiger partial charge is 0.293 e. The van der Waals surface area contributed by atoms with Gasteiger partial charge in [-0.1, -0.05) is 0 Å². The van der Waals surface area contributed by atoms with Crippen molar-refractivity contribution >= 4 is 17.2 Å². The zero-order valence-corrected chi connectivity index (χ0v) is 12.3. The number of anilines is 1. The number of nitrogens with zero attached hydrogens (tertiary/aromatic N) is 2. The lowest BCUT2D eigenvalue weighted by atomic mass is 10.1. The van der Waals surface area contributed by atoms with Gasteiger partial charge in [0.05, 0.1) is 11.5 Å². The molecule has 1 unspecified atom stereocenters. The van der Waals surface area contributed by atoms with E-state index in [0.29, 0.717) is 24.4 Å². The quantitative estimate of drug-likeness (QED) is 0.436. The first-order valence-corrected chi connectivity index (χ1v) is 6.47. The highest BCUT2D eigenvalue weighted by molar-refractivity contribution is 5.95. The molecule has 0 N–H and O–H groups in total. The molecule has 0 aliphatic heterocycles. The third-order valence-electron chi connectivity index (χ3n) is 3.17. The molecule has 6 heteroatoms. The Kier molecular flexibility index (Phi) is 5.64. The second-order valence-corrected chi connectivity index (χ2v) is 4.61. The van der Waals surface area contributed by atoms with E-state index < -0.39 is 4.92 Å². The summed E-state index contributed by atoms with van der Waals surface area (Å²) in [6, 6.07) is 4.59. The summed E-state index contributed by atoms with van der Waals surface area (Å²) < 4.78 is 5.10. The molecule has 0 aromatic heterocycles. The Bertz CT molecular complexity index is 502. The molecule has 1 rings (SSSR count). The molecule has 0 aliphatic carbocycles. The Morgan fingerprint density at radius 3 is 2.60 bits per heavy atom. The molecular weight excluding hydrogens is 260 g/mol. The molecule has 1 atom stereocenters. The monoisotopic (exact) mass is 280 g/mol. The lowest BCUT2D eigenvalue weighted by Gasteiger charge is -2.29. The number of benzene rings is 1. The van der Waals surface area contributed by atoms with Crippen molar-refractivity contribution in [2.45, 2.75) is 26.8 Å². The van der Waals surface area contributed by atoms with E-state index in [2.05, 4.69) is 0 Å². The largest absolute Gasteiger partial charge is 0.383 e. The van der Waals surface area contributed by atoms with Gasteiger partial charge in [0.1, 0.15) is 5.69 Å². The molecule has 0 bridgehead atoms. The molecular formula is C14H20N2O4. The minimum atomic E-state index is -0.454. The van der Waals surface area contributed by atoms with Crippen LogP contribution in [0.3, 0.4) is 0 Å². The first-order valence-electron chi connectivity index (χ1n) is 6.47.